The summed E-state index contributed by atoms with van der Waals surface area (Å²) >= 11 is 0. The van der Waals surface area contributed by atoms with Crippen molar-refractivity contribution in [1.82, 2.24) is 0 Å². The first-order valence-electron chi connectivity index (χ1n) is 7.19. The fourth-order valence-corrected chi connectivity index (χ4v) is 3.66. The van der Waals surface area contributed by atoms with E-state index in [-0.39, 0.29) is 5.69 Å². The summed E-state index contributed by atoms with van der Waals surface area (Å²) in [5.74, 6) is -1.94. The normalized spacial score (nSPS) is 12.0. The number of carboxylic acid groups (broad SMARTS) is 1. The molecule has 0 aliphatic heterocycles. The highest BCUT2D eigenvalue weighted by molar-refractivity contribution is 7.92. The molecule has 0 fully saturated rings. The van der Waals surface area contributed by atoms with Crippen molar-refractivity contribution in [2.75, 3.05) is 10.8 Å². The Hall–Kier alpha value is -2.62. The van der Waals surface area contributed by atoms with Gasteiger partial charge in [-0.1, -0.05) is 6.07 Å². The molecule has 0 bridgehead atoms. The average Bonchev–Trinajstić information content (AvgIpc) is 2.55. The lowest BCUT2D eigenvalue weighted by molar-refractivity contribution is -0.138. The van der Waals surface area contributed by atoms with Crippen LogP contribution in [0.25, 0.3) is 0 Å². The van der Waals surface area contributed by atoms with Crippen LogP contribution in [0.2, 0.25) is 0 Å². The third-order valence-electron chi connectivity index (χ3n) is 3.39. The van der Waals surface area contributed by atoms with Gasteiger partial charge in [-0.2, -0.15) is 13.2 Å². The molecule has 26 heavy (non-hydrogen) atoms. The van der Waals surface area contributed by atoms with Gasteiger partial charge in [0, 0.05) is 6.54 Å². The predicted octanol–water partition coefficient (Wildman–Crippen LogP) is 3.51. The SMILES string of the molecule is O=C(O)CCN(c1ccc(F)cc1)S(=O)(=O)c1cccc(C(F)(F)F)c1. The van der Waals surface area contributed by atoms with E-state index in [1.807, 2.05) is 0 Å². The molecule has 1 N–H and O–H groups in total. The van der Waals surface area contributed by atoms with Gasteiger partial charge in [-0.3, -0.25) is 9.10 Å². The number of alkyl halides is 3. The van der Waals surface area contributed by atoms with Gasteiger partial charge in [0.2, 0.25) is 0 Å². The minimum Gasteiger partial charge on any atom is -0.481 e. The summed E-state index contributed by atoms with van der Waals surface area (Å²) in [6, 6.07) is 7.23. The summed E-state index contributed by atoms with van der Waals surface area (Å²) in [6.07, 6.45) is -5.33. The number of carboxylic acids is 1. The van der Waals surface area contributed by atoms with Crippen LogP contribution in [0.5, 0.6) is 0 Å². The molecule has 0 saturated heterocycles. The zero-order valence-corrected chi connectivity index (χ0v) is 13.9. The monoisotopic (exact) mass is 391 g/mol. The van der Waals surface area contributed by atoms with Crippen LogP contribution in [-0.2, 0) is 21.0 Å². The van der Waals surface area contributed by atoms with E-state index >= 15 is 0 Å². The van der Waals surface area contributed by atoms with Crippen LogP contribution in [-0.4, -0.2) is 26.0 Å². The van der Waals surface area contributed by atoms with E-state index in [0.717, 1.165) is 42.5 Å². The lowest BCUT2D eigenvalue weighted by atomic mass is 10.2. The first kappa shape index (κ1) is 19.7. The lowest BCUT2D eigenvalue weighted by Gasteiger charge is -2.24. The van der Waals surface area contributed by atoms with Gasteiger partial charge in [0.15, 0.2) is 0 Å². The Morgan fingerprint density at radius 2 is 1.69 bits per heavy atom. The van der Waals surface area contributed by atoms with Crippen molar-refractivity contribution in [3.63, 3.8) is 0 Å². The zero-order chi connectivity index (χ0) is 19.5. The van der Waals surface area contributed by atoms with Crippen molar-refractivity contribution in [1.29, 1.82) is 0 Å². The molecule has 5 nitrogen and oxygen atoms in total. The highest BCUT2D eigenvalue weighted by Crippen LogP contribution is 2.32. The minimum absolute atomic E-state index is 0.0648. The number of carbonyl (C=O) groups is 1. The molecule has 0 aliphatic carbocycles. The molecule has 10 heteroatoms. The van der Waals surface area contributed by atoms with Crippen LogP contribution >= 0.6 is 0 Å². The highest BCUT2D eigenvalue weighted by Gasteiger charge is 2.33. The van der Waals surface area contributed by atoms with Gasteiger partial charge in [0.25, 0.3) is 10.0 Å². The molecule has 0 aliphatic rings. The Balaban J connectivity index is 2.51. The second-order valence-electron chi connectivity index (χ2n) is 5.22. The fraction of sp³-hybridized carbons (Fsp3) is 0.188. The average molecular weight is 391 g/mol. The quantitative estimate of drug-likeness (QED) is 0.765. The third kappa shape index (κ3) is 4.51. The third-order valence-corrected chi connectivity index (χ3v) is 5.22. The largest absolute Gasteiger partial charge is 0.481 e. The van der Waals surface area contributed by atoms with Gasteiger partial charge < -0.3 is 5.11 Å². The topological polar surface area (TPSA) is 74.7 Å². The van der Waals surface area contributed by atoms with Crippen molar-refractivity contribution < 1.29 is 35.9 Å². The second kappa shape index (κ2) is 7.32. The van der Waals surface area contributed by atoms with E-state index in [2.05, 4.69) is 0 Å². The smallest absolute Gasteiger partial charge is 0.416 e. The maximum atomic E-state index is 13.1. The van der Waals surface area contributed by atoms with Gasteiger partial charge in [0.05, 0.1) is 22.6 Å². The number of hydrogen-bond donors (Lipinski definition) is 1. The van der Waals surface area contributed by atoms with Gasteiger partial charge in [-0.15, -0.1) is 0 Å². The van der Waals surface area contributed by atoms with E-state index in [1.54, 1.807) is 0 Å². The van der Waals surface area contributed by atoms with E-state index < -0.39 is 51.4 Å². The zero-order valence-electron chi connectivity index (χ0n) is 13.1. The molecule has 0 unspecified atom stereocenters. The molecule has 0 heterocycles. The maximum absolute atomic E-state index is 13.1. The molecule has 2 aromatic carbocycles. The summed E-state index contributed by atoms with van der Waals surface area (Å²) < 4.78 is 77.8. The highest BCUT2D eigenvalue weighted by atomic mass is 32.2. The van der Waals surface area contributed by atoms with Crippen LogP contribution in [0, 0.1) is 5.82 Å². The summed E-state index contributed by atoms with van der Waals surface area (Å²) in [5.41, 5.74) is -1.22. The number of aliphatic carboxylic acids is 1. The lowest BCUT2D eigenvalue weighted by Crippen LogP contribution is -2.33. The number of halogens is 4. The Morgan fingerprint density at radius 3 is 2.23 bits per heavy atom. The maximum Gasteiger partial charge on any atom is 0.416 e. The van der Waals surface area contributed by atoms with E-state index in [1.165, 1.54) is 0 Å². The van der Waals surface area contributed by atoms with Gasteiger partial charge in [0.1, 0.15) is 5.82 Å². The molecule has 0 saturated carbocycles. The summed E-state index contributed by atoms with van der Waals surface area (Å²) in [6.45, 7) is -0.528. The van der Waals surface area contributed by atoms with Gasteiger partial charge in [-0.25, -0.2) is 12.8 Å². The second-order valence-corrected chi connectivity index (χ2v) is 7.09. The number of rotatable bonds is 6. The van der Waals surface area contributed by atoms with Crippen LogP contribution in [0.3, 0.4) is 0 Å². The number of anilines is 1. The molecular formula is C16H13F4NO4S. The van der Waals surface area contributed by atoms with E-state index in [4.69, 9.17) is 5.11 Å². The Morgan fingerprint density at radius 1 is 1.08 bits per heavy atom. The first-order valence-corrected chi connectivity index (χ1v) is 8.63. The molecule has 2 aromatic rings. The number of nitrogens with zero attached hydrogens (tertiary/aromatic N) is 1. The molecule has 0 aromatic heterocycles. The van der Waals surface area contributed by atoms with Crippen LogP contribution < -0.4 is 4.31 Å². The van der Waals surface area contributed by atoms with Crippen LogP contribution in [0.1, 0.15) is 12.0 Å². The van der Waals surface area contributed by atoms with E-state index in [0.29, 0.717) is 10.4 Å². The number of benzene rings is 2. The van der Waals surface area contributed by atoms with Crippen LogP contribution in [0.4, 0.5) is 23.2 Å². The minimum atomic E-state index is -4.74. The summed E-state index contributed by atoms with van der Waals surface area (Å²) in [7, 11) is -4.50. The Labute approximate surface area is 146 Å². The van der Waals surface area contributed by atoms with Crippen molar-refractivity contribution in [3.05, 3.63) is 59.9 Å². The first-order chi connectivity index (χ1) is 12.0. The Kier molecular flexibility index (Phi) is 5.55. The van der Waals surface area contributed by atoms with Crippen molar-refractivity contribution in [2.45, 2.75) is 17.5 Å². The Bertz CT molecular complexity index is 895. The van der Waals surface area contributed by atoms with Gasteiger partial charge in [-0.05, 0) is 42.5 Å². The summed E-state index contributed by atoms with van der Waals surface area (Å²) in [5, 5.41) is 8.81. The van der Waals surface area contributed by atoms with Crippen molar-refractivity contribution in [3.8, 4) is 0 Å². The van der Waals surface area contributed by atoms with Crippen molar-refractivity contribution >= 4 is 21.7 Å². The summed E-state index contributed by atoms with van der Waals surface area (Å²) in [4.78, 5) is 10.2. The molecule has 2 rings (SSSR count). The molecular weight excluding hydrogens is 378 g/mol. The molecule has 0 radical (unpaired) electrons. The standard InChI is InChI=1S/C16H13F4NO4S/c17-12-4-6-13(7-5-12)21(9-8-15(22)23)26(24,25)14-3-1-2-11(10-14)16(18,19)20/h1-7,10H,8-9H2,(H,22,23). The van der Waals surface area contributed by atoms with Gasteiger partial charge >= 0.3 is 12.1 Å². The fourth-order valence-electron chi connectivity index (χ4n) is 2.15. The number of hydrogen-bond acceptors (Lipinski definition) is 3. The molecule has 140 valence electrons. The van der Waals surface area contributed by atoms with Crippen molar-refractivity contribution in [2.24, 2.45) is 0 Å². The number of sulfonamides is 1. The molecule has 0 spiro atoms. The van der Waals surface area contributed by atoms with E-state index in [9.17, 15) is 30.8 Å². The molecule has 0 atom stereocenters. The predicted molar refractivity (Wildman–Crippen MR) is 84.6 cm³/mol. The van der Waals surface area contributed by atoms with Crippen LogP contribution in [0.15, 0.2) is 53.4 Å². The molecule has 0 amide bonds.